The van der Waals surface area contributed by atoms with E-state index < -0.39 is 4.92 Å². The lowest BCUT2D eigenvalue weighted by Gasteiger charge is -2.22. The Bertz CT molecular complexity index is 787. The maximum absolute atomic E-state index is 10.9. The van der Waals surface area contributed by atoms with E-state index in [1.54, 1.807) is 0 Å². The molecule has 144 valence electrons. The highest BCUT2D eigenvalue weighted by molar-refractivity contribution is 6.39. The minimum atomic E-state index is -0.524. The summed E-state index contributed by atoms with van der Waals surface area (Å²) in [5.41, 5.74) is 2.46. The van der Waals surface area contributed by atoms with Crippen molar-refractivity contribution in [2.24, 2.45) is 0 Å². The van der Waals surface area contributed by atoms with Gasteiger partial charge in [-0.25, -0.2) is 0 Å². The molecule has 0 unspecified atom stereocenters. The fraction of sp³-hybridized carbons (Fsp3) is 0.368. The number of benzene rings is 2. The van der Waals surface area contributed by atoms with Gasteiger partial charge in [0.15, 0.2) is 0 Å². The molecule has 6 nitrogen and oxygen atoms in total. The number of hydrogen-bond acceptors (Lipinski definition) is 5. The first kappa shape index (κ1) is 19.9. The van der Waals surface area contributed by atoms with Crippen LogP contribution in [-0.2, 0) is 22.6 Å². The Hall–Kier alpha value is -1.86. The van der Waals surface area contributed by atoms with Crippen LogP contribution >= 0.6 is 23.2 Å². The van der Waals surface area contributed by atoms with Crippen LogP contribution in [0.15, 0.2) is 36.4 Å². The van der Waals surface area contributed by atoms with Crippen molar-refractivity contribution < 1.29 is 14.4 Å². The van der Waals surface area contributed by atoms with Gasteiger partial charge in [-0.1, -0.05) is 47.5 Å². The van der Waals surface area contributed by atoms with Gasteiger partial charge in [-0.05, 0) is 24.0 Å². The summed E-state index contributed by atoms with van der Waals surface area (Å²) in [6.45, 7) is 2.55. The first-order chi connectivity index (χ1) is 13.0. The van der Waals surface area contributed by atoms with Gasteiger partial charge in [-0.2, -0.15) is 0 Å². The zero-order chi connectivity index (χ0) is 19.2. The molecule has 1 saturated heterocycles. The number of nitrogens with zero attached hydrogens (tertiary/aromatic N) is 1. The summed E-state index contributed by atoms with van der Waals surface area (Å²) in [4.78, 5) is 10.3. The predicted molar refractivity (Wildman–Crippen MR) is 106 cm³/mol. The number of rotatable bonds is 7. The Morgan fingerprint density at radius 2 is 1.81 bits per heavy atom. The smallest absolute Gasteiger partial charge is 0.272 e. The molecule has 0 amide bonds. The van der Waals surface area contributed by atoms with Gasteiger partial charge >= 0.3 is 0 Å². The molecule has 0 radical (unpaired) electrons. The summed E-state index contributed by atoms with van der Waals surface area (Å²) in [6, 6.07) is 10.6. The third kappa shape index (κ3) is 5.56. The summed E-state index contributed by atoms with van der Waals surface area (Å²) in [6.07, 6.45) is 2.11. The third-order valence-corrected chi connectivity index (χ3v) is 4.95. The van der Waals surface area contributed by atoms with Gasteiger partial charge < -0.3 is 14.8 Å². The lowest BCUT2D eigenvalue weighted by molar-refractivity contribution is -0.384. The fourth-order valence-electron chi connectivity index (χ4n) is 2.91. The first-order valence-electron chi connectivity index (χ1n) is 8.67. The average Bonchev–Trinajstić information content (AvgIpc) is 2.66. The summed E-state index contributed by atoms with van der Waals surface area (Å²) < 4.78 is 11.3. The fourth-order valence-corrected chi connectivity index (χ4v) is 3.52. The highest BCUT2D eigenvalue weighted by Crippen LogP contribution is 2.35. The van der Waals surface area contributed by atoms with Crippen LogP contribution in [-0.4, -0.2) is 24.2 Å². The molecule has 0 aliphatic carbocycles. The maximum Gasteiger partial charge on any atom is 0.272 e. The topological polar surface area (TPSA) is 73.6 Å². The predicted octanol–water partition coefficient (Wildman–Crippen LogP) is 5.21. The van der Waals surface area contributed by atoms with Gasteiger partial charge in [0.05, 0.1) is 33.4 Å². The molecule has 0 spiro atoms. The van der Waals surface area contributed by atoms with E-state index in [9.17, 15) is 10.1 Å². The molecule has 1 N–H and O–H groups in total. The molecule has 0 aromatic heterocycles. The van der Waals surface area contributed by atoms with Crippen molar-refractivity contribution in [1.82, 2.24) is 0 Å². The van der Waals surface area contributed by atoms with Crippen LogP contribution < -0.4 is 5.32 Å². The van der Waals surface area contributed by atoms with E-state index in [1.165, 1.54) is 12.1 Å². The molecule has 3 rings (SSSR count). The van der Waals surface area contributed by atoms with Gasteiger partial charge in [0.2, 0.25) is 0 Å². The molecule has 1 aliphatic rings. The van der Waals surface area contributed by atoms with Crippen LogP contribution in [0.2, 0.25) is 10.0 Å². The number of nitrogens with one attached hydrogen (secondary N) is 1. The number of hydrogen-bond donors (Lipinski definition) is 1. The van der Waals surface area contributed by atoms with Crippen LogP contribution in [0.5, 0.6) is 0 Å². The summed E-state index contributed by atoms with van der Waals surface area (Å²) in [5.74, 6) is 0. The Kier molecular flexibility index (Phi) is 6.90. The van der Waals surface area contributed by atoms with Gasteiger partial charge in [0.1, 0.15) is 0 Å². The molecule has 0 saturated carbocycles. The molecule has 8 heteroatoms. The highest BCUT2D eigenvalue weighted by Gasteiger charge is 2.15. The second kappa shape index (κ2) is 9.37. The van der Waals surface area contributed by atoms with Crippen LogP contribution in [0, 0.1) is 10.1 Å². The Labute approximate surface area is 167 Å². The highest BCUT2D eigenvalue weighted by atomic mass is 35.5. The molecule has 2 aromatic carbocycles. The maximum atomic E-state index is 10.9. The van der Waals surface area contributed by atoms with E-state index in [2.05, 4.69) is 11.4 Å². The summed E-state index contributed by atoms with van der Waals surface area (Å²) >= 11 is 12.3. The molecule has 1 aliphatic heterocycles. The molecular formula is C19H20Cl2N2O4. The first-order valence-corrected chi connectivity index (χ1v) is 9.43. The van der Waals surface area contributed by atoms with Crippen LogP contribution in [0.3, 0.4) is 0 Å². The minimum absolute atomic E-state index is 0.136. The molecule has 2 aromatic rings. The Morgan fingerprint density at radius 3 is 2.48 bits per heavy atom. The number of non-ortho nitro benzene ring substituents is 1. The lowest BCUT2D eigenvalue weighted by Crippen LogP contribution is -2.23. The number of nitro benzene ring substituents is 1. The van der Waals surface area contributed by atoms with E-state index in [1.807, 2.05) is 18.2 Å². The number of ether oxygens (including phenoxy) is 2. The molecule has 27 heavy (non-hydrogen) atoms. The number of halogens is 2. The molecule has 0 atom stereocenters. The third-order valence-electron chi connectivity index (χ3n) is 4.35. The molecule has 1 fully saturated rings. The van der Waals surface area contributed by atoms with Crippen molar-refractivity contribution in [1.29, 1.82) is 0 Å². The average molecular weight is 411 g/mol. The zero-order valence-electron chi connectivity index (χ0n) is 14.6. The van der Waals surface area contributed by atoms with E-state index in [4.69, 9.17) is 32.7 Å². The number of anilines is 1. The summed E-state index contributed by atoms with van der Waals surface area (Å²) in [7, 11) is 0. The lowest BCUT2D eigenvalue weighted by atomic mass is 10.1. The van der Waals surface area contributed by atoms with Gasteiger partial charge in [0, 0.05) is 31.9 Å². The zero-order valence-corrected chi connectivity index (χ0v) is 16.1. The van der Waals surface area contributed by atoms with E-state index >= 15 is 0 Å². The van der Waals surface area contributed by atoms with Crippen molar-refractivity contribution in [3.63, 3.8) is 0 Å². The van der Waals surface area contributed by atoms with Crippen molar-refractivity contribution >= 4 is 34.6 Å². The molecule has 0 bridgehead atoms. The van der Waals surface area contributed by atoms with E-state index in [0.717, 1.165) is 37.2 Å². The second-order valence-corrected chi connectivity index (χ2v) is 7.15. The largest absolute Gasteiger partial charge is 0.381 e. The standard InChI is InChI=1S/C19H20Cl2N2O4/c20-17-9-15(23(24)25)10-18(21)19(17)22-11-13-2-1-3-14(8-13)12-27-16-4-6-26-7-5-16/h1-3,8-10,16,22H,4-7,11-12H2. The van der Waals surface area contributed by atoms with Crippen molar-refractivity contribution in [2.45, 2.75) is 32.1 Å². The quantitative estimate of drug-likeness (QED) is 0.500. The minimum Gasteiger partial charge on any atom is -0.381 e. The van der Waals surface area contributed by atoms with Gasteiger partial charge in [-0.3, -0.25) is 10.1 Å². The van der Waals surface area contributed by atoms with E-state index in [0.29, 0.717) is 18.8 Å². The summed E-state index contributed by atoms with van der Waals surface area (Å²) in [5, 5.41) is 14.4. The second-order valence-electron chi connectivity index (χ2n) is 6.34. The molecular weight excluding hydrogens is 391 g/mol. The van der Waals surface area contributed by atoms with Crippen LogP contribution in [0.4, 0.5) is 11.4 Å². The Balaban J connectivity index is 1.60. The Morgan fingerprint density at radius 1 is 1.15 bits per heavy atom. The van der Waals surface area contributed by atoms with Gasteiger partial charge in [0.25, 0.3) is 5.69 Å². The SMILES string of the molecule is O=[N+]([O-])c1cc(Cl)c(NCc2cccc(COC3CCOCC3)c2)c(Cl)c1. The molecule has 1 heterocycles. The number of nitro groups is 1. The van der Waals surface area contributed by atoms with E-state index in [-0.39, 0.29) is 21.8 Å². The normalized spacial score (nSPS) is 14.9. The van der Waals surface area contributed by atoms with Crippen molar-refractivity contribution in [2.75, 3.05) is 18.5 Å². The van der Waals surface area contributed by atoms with Crippen LogP contribution in [0.25, 0.3) is 0 Å². The van der Waals surface area contributed by atoms with Crippen molar-refractivity contribution in [3.8, 4) is 0 Å². The van der Waals surface area contributed by atoms with Crippen molar-refractivity contribution in [3.05, 3.63) is 67.7 Å². The van der Waals surface area contributed by atoms with Gasteiger partial charge in [-0.15, -0.1) is 0 Å². The monoisotopic (exact) mass is 410 g/mol. The van der Waals surface area contributed by atoms with Crippen LogP contribution in [0.1, 0.15) is 24.0 Å².